The Morgan fingerprint density at radius 3 is 2.10 bits per heavy atom. The molecule has 3 aromatic rings. The number of hydrogen-bond donors (Lipinski definition) is 2. The number of aliphatic carboxylic acids is 2. The quantitative estimate of drug-likeness (QED) is 0.223. The number of aromatic nitrogens is 3. The summed E-state index contributed by atoms with van der Waals surface area (Å²) in [4.78, 5) is 22.7. The summed E-state index contributed by atoms with van der Waals surface area (Å²) in [6.07, 6.45) is -0.372. The third-order valence-corrected chi connectivity index (χ3v) is 8.28. The maximum absolute atomic E-state index is 13.0. The molecule has 11 nitrogen and oxygen atoms in total. The van der Waals surface area contributed by atoms with Crippen molar-refractivity contribution in [3.05, 3.63) is 65.5 Å². The lowest BCUT2D eigenvalue weighted by molar-refractivity contribution is -0.158. The van der Waals surface area contributed by atoms with E-state index in [4.69, 9.17) is 24.5 Å². The monoisotopic (exact) mass is 687 g/mol. The molecule has 2 aliphatic rings. The molecule has 0 saturated carbocycles. The van der Waals surface area contributed by atoms with Crippen molar-refractivity contribution in [2.24, 2.45) is 10.5 Å². The lowest BCUT2D eigenvalue weighted by atomic mass is 9.89. The fraction of sp³-hybridized carbons (Fsp3) is 0.514. The Balaban J connectivity index is 0.00000128. The molecular formula is C35H44F3N5O6. The normalized spacial score (nSPS) is 15.8. The third-order valence-electron chi connectivity index (χ3n) is 8.28. The van der Waals surface area contributed by atoms with Crippen LogP contribution in [0.2, 0.25) is 0 Å². The van der Waals surface area contributed by atoms with Gasteiger partial charge in [0.1, 0.15) is 11.6 Å². The van der Waals surface area contributed by atoms with Crippen LogP contribution in [0.3, 0.4) is 0 Å². The third kappa shape index (κ3) is 10.5. The Hall–Kier alpha value is -4.46. The summed E-state index contributed by atoms with van der Waals surface area (Å²) < 4.78 is 52.2. The molecule has 1 atom stereocenters. The standard InChI is InChI=1S/C33H40F3N5O4.C2H4O2/c1-32(2,3)29(31(42)43)45-21-5-4-20-44-26-12-8-22(9-13-26)23-16-18-40(19-17-23)28-15-14-27-37-38-30(41(27)39-28)24-6-10-25(11-7-24)33(34,35)36;1-2(3)4/h6-13,23,29H,4-5,14-21H2,1-3H3,(H,42,43);1H3,(H,3,4). The molecule has 1 saturated heterocycles. The summed E-state index contributed by atoms with van der Waals surface area (Å²) >= 11 is 0. The number of ether oxygens (including phenoxy) is 2. The minimum absolute atomic E-state index is 0.377. The van der Waals surface area contributed by atoms with Gasteiger partial charge in [0.25, 0.3) is 5.97 Å². The average molecular weight is 688 g/mol. The molecule has 266 valence electrons. The van der Waals surface area contributed by atoms with Gasteiger partial charge in [-0.25, -0.2) is 4.79 Å². The maximum atomic E-state index is 13.0. The van der Waals surface area contributed by atoms with Crippen molar-refractivity contribution < 1.29 is 42.4 Å². The number of unbranched alkanes of at least 4 members (excludes halogenated alkanes) is 1. The SMILES string of the molecule is CC(=O)O.CC(C)(C)C(OCCCCOc1ccc(C2CCN(C3=Nn4c(nnc4-c4ccc(C(F)(F)F)cc4)CC3)CC2)cc1)C(=O)O. The first-order valence-electron chi connectivity index (χ1n) is 16.3. The lowest BCUT2D eigenvalue weighted by Crippen LogP contribution is -2.39. The van der Waals surface area contributed by atoms with Crippen molar-refractivity contribution in [3.63, 3.8) is 0 Å². The molecule has 49 heavy (non-hydrogen) atoms. The highest BCUT2D eigenvalue weighted by Gasteiger charge is 2.32. The zero-order chi connectivity index (χ0) is 35.8. The number of carbonyl (C=O) groups is 2. The van der Waals surface area contributed by atoms with E-state index in [0.29, 0.717) is 42.8 Å². The molecule has 14 heteroatoms. The largest absolute Gasteiger partial charge is 0.494 e. The van der Waals surface area contributed by atoms with Gasteiger partial charge in [-0.15, -0.1) is 10.2 Å². The molecule has 2 aliphatic heterocycles. The van der Waals surface area contributed by atoms with Gasteiger partial charge in [0.2, 0.25) is 0 Å². The van der Waals surface area contributed by atoms with Crippen LogP contribution >= 0.6 is 0 Å². The van der Waals surface area contributed by atoms with Crippen LogP contribution in [0.1, 0.15) is 82.7 Å². The number of benzene rings is 2. The molecular weight excluding hydrogens is 643 g/mol. The van der Waals surface area contributed by atoms with Crippen LogP contribution in [0.5, 0.6) is 5.75 Å². The van der Waals surface area contributed by atoms with E-state index in [0.717, 1.165) is 75.8 Å². The number of piperidine rings is 1. The van der Waals surface area contributed by atoms with Gasteiger partial charge in [0, 0.05) is 45.0 Å². The van der Waals surface area contributed by atoms with E-state index in [-0.39, 0.29) is 0 Å². The van der Waals surface area contributed by atoms with Crippen molar-refractivity contribution in [2.45, 2.75) is 84.4 Å². The fourth-order valence-corrected chi connectivity index (χ4v) is 5.77. The Morgan fingerprint density at radius 1 is 0.918 bits per heavy atom. The first-order valence-corrected chi connectivity index (χ1v) is 16.3. The summed E-state index contributed by atoms with van der Waals surface area (Å²) in [5, 5.41) is 30.0. The van der Waals surface area contributed by atoms with Gasteiger partial charge in [-0.1, -0.05) is 45.0 Å². The molecule has 0 radical (unpaired) electrons. The second kappa shape index (κ2) is 16.3. The Morgan fingerprint density at radius 2 is 1.53 bits per heavy atom. The minimum atomic E-state index is -4.39. The van der Waals surface area contributed by atoms with Crippen LogP contribution < -0.4 is 4.74 Å². The van der Waals surface area contributed by atoms with E-state index in [1.54, 1.807) is 4.68 Å². The van der Waals surface area contributed by atoms with E-state index < -0.39 is 35.2 Å². The molecule has 0 amide bonds. The molecule has 2 aromatic carbocycles. The molecule has 1 unspecified atom stereocenters. The number of fused-ring (bicyclic) bond motifs is 1. The second-order valence-electron chi connectivity index (χ2n) is 13.2. The van der Waals surface area contributed by atoms with Gasteiger partial charge in [0.05, 0.1) is 12.2 Å². The van der Waals surface area contributed by atoms with Gasteiger partial charge < -0.3 is 24.6 Å². The highest BCUT2D eigenvalue weighted by molar-refractivity contribution is 5.83. The van der Waals surface area contributed by atoms with Crippen molar-refractivity contribution in [2.75, 3.05) is 26.3 Å². The van der Waals surface area contributed by atoms with E-state index in [9.17, 15) is 23.1 Å². The molecule has 1 fully saturated rings. The summed E-state index contributed by atoms with van der Waals surface area (Å²) in [7, 11) is 0. The Labute approximate surface area is 283 Å². The smallest absolute Gasteiger partial charge is 0.416 e. The topological polar surface area (TPSA) is 139 Å². The molecule has 2 N–H and O–H groups in total. The molecule has 5 rings (SSSR count). The van der Waals surface area contributed by atoms with Crippen LogP contribution in [0.25, 0.3) is 11.4 Å². The van der Waals surface area contributed by atoms with Gasteiger partial charge in [-0.05, 0) is 66.8 Å². The van der Waals surface area contributed by atoms with Crippen LogP contribution in [0.15, 0.2) is 53.6 Å². The van der Waals surface area contributed by atoms with Gasteiger partial charge in [0.15, 0.2) is 17.8 Å². The van der Waals surface area contributed by atoms with E-state index >= 15 is 0 Å². The zero-order valence-corrected chi connectivity index (χ0v) is 28.2. The number of carboxylic acids is 2. The molecule has 0 bridgehead atoms. The zero-order valence-electron chi connectivity index (χ0n) is 28.2. The van der Waals surface area contributed by atoms with Crippen molar-refractivity contribution in [3.8, 4) is 17.1 Å². The number of likely N-dealkylation sites (tertiary alicyclic amines) is 1. The summed E-state index contributed by atoms with van der Waals surface area (Å²) in [6.45, 7) is 9.27. The number of alkyl halides is 3. The first kappa shape index (κ1) is 37.4. The minimum Gasteiger partial charge on any atom is -0.494 e. The van der Waals surface area contributed by atoms with Crippen molar-refractivity contribution in [1.29, 1.82) is 0 Å². The molecule has 0 spiro atoms. The highest BCUT2D eigenvalue weighted by Crippen LogP contribution is 2.33. The number of halogens is 3. The van der Waals surface area contributed by atoms with E-state index in [2.05, 4.69) is 27.2 Å². The number of amidine groups is 1. The van der Waals surface area contributed by atoms with Gasteiger partial charge >= 0.3 is 12.1 Å². The van der Waals surface area contributed by atoms with Crippen molar-refractivity contribution >= 4 is 17.8 Å². The lowest BCUT2D eigenvalue weighted by Gasteiger charge is -2.35. The maximum Gasteiger partial charge on any atom is 0.416 e. The number of aryl methyl sites for hydroxylation is 1. The predicted octanol–water partition coefficient (Wildman–Crippen LogP) is 6.72. The van der Waals surface area contributed by atoms with Gasteiger partial charge in [-0.2, -0.15) is 22.9 Å². The second-order valence-corrected chi connectivity index (χ2v) is 13.2. The number of hydrogen-bond acceptors (Lipinski definition) is 8. The molecule has 0 aliphatic carbocycles. The highest BCUT2D eigenvalue weighted by atomic mass is 19.4. The predicted molar refractivity (Wildman–Crippen MR) is 176 cm³/mol. The Kier molecular flexibility index (Phi) is 12.4. The summed E-state index contributed by atoms with van der Waals surface area (Å²) in [5.41, 5.74) is 0.647. The van der Waals surface area contributed by atoms with Gasteiger partial charge in [-0.3, -0.25) is 4.79 Å². The molecule has 3 heterocycles. The van der Waals surface area contributed by atoms with Crippen LogP contribution in [-0.4, -0.2) is 80.2 Å². The Bertz CT molecular complexity index is 1570. The number of carboxylic acid groups (broad SMARTS) is 2. The van der Waals surface area contributed by atoms with Crippen LogP contribution in [-0.2, 0) is 26.9 Å². The van der Waals surface area contributed by atoms with E-state index in [1.807, 2.05) is 32.9 Å². The first-order chi connectivity index (χ1) is 23.1. The van der Waals surface area contributed by atoms with Crippen LogP contribution in [0, 0.1) is 5.41 Å². The van der Waals surface area contributed by atoms with Crippen LogP contribution in [0.4, 0.5) is 13.2 Å². The van der Waals surface area contributed by atoms with Crippen molar-refractivity contribution in [1.82, 2.24) is 19.8 Å². The number of nitrogens with zero attached hydrogens (tertiary/aromatic N) is 5. The molecule has 1 aromatic heterocycles. The fourth-order valence-electron chi connectivity index (χ4n) is 5.77. The number of rotatable bonds is 10. The average Bonchev–Trinajstić information content (AvgIpc) is 3.47. The summed E-state index contributed by atoms with van der Waals surface area (Å²) in [5.74, 6) is 1.54. The summed E-state index contributed by atoms with van der Waals surface area (Å²) in [6, 6.07) is 13.2. The van der Waals surface area contributed by atoms with E-state index in [1.165, 1.54) is 17.7 Å².